The van der Waals surface area contributed by atoms with Gasteiger partial charge in [0.2, 0.25) is 0 Å². The molecule has 2 heterocycles. The third kappa shape index (κ3) is 4.37. The van der Waals surface area contributed by atoms with E-state index in [-0.39, 0.29) is 5.41 Å². The Morgan fingerprint density at radius 2 is 2.08 bits per heavy atom. The van der Waals surface area contributed by atoms with Crippen molar-refractivity contribution in [3.8, 4) is 0 Å². The van der Waals surface area contributed by atoms with Crippen molar-refractivity contribution < 1.29 is 4.74 Å². The first kappa shape index (κ1) is 18.7. The molecule has 2 fully saturated rings. The van der Waals surface area contributed by atoms with Crippen LogP contribution in [0.15, 0.2) is 33.7 Å². The van der Waals surface area contributed by atoms with Crippen molar-refractivity contribution in [2.45, 2.75) is 39.0 Å². The Morgan fingerprint density at radius 3 is 2.72 bits per heavy atom. The highest BCUT2D eigenvalue weighted by atomic mass is 79.9. The molecule has 1 aromatic rings. The van der Waals surface area contributed by atoms with Crippen molar-refractivity contribution in [3.05, 3.63) is 34.3 Å². The number of halogens is 1. The monoisotopic (exact) mass is 407 g/mol. The summed E-state index contributed by atoms with van der Waals surface area (Å²) in [5.41, 5.74) is 1.68. The number of nitrogens with zero attached hydrogens (tertiary/aromatic N) is 2. The van der Waals surface area contributed by atoms with E-state index in [9.17, 15) is 0 Å². The van der Waals surface area contributed by atoms with Crippen molar-refractivity contribution in [2.24, 2.45) is 10.4 Å². The van der Waals surface area contributed by atoms with Gasteiger partial charge in [-0.25, -0.2) is 0 Å². The molecule has 0 bridgehead atoms. The molecule has 2 aliphatic rings. The van der Waals surface area contributed by atoms with Gasteiger partial charge in [-0.2, -0.15) is 0 Å². The fourth-order valence-corrected chi connectivity index (χ4v) is 4.04. The van der Waals surface area contributed by atoms with Crippen LogP contribution in [0, 0.1) is 5.41 Å². The van der Waals surface area contributed by atoms with E-state index < -0.39 is 0 Å². The minimum atomic E-state index is 0.00918. The minimum absolute atomic E-state index is 0.00918. The van der Waals surface area contributed by atoms with E-state index in [0.717, 1.165) is 49.8 Å². The summed E-state index contributed by atoms with van der Waals surface area (Å²) in [6, 6.07) is 8.59. The fourth-order valence-electron chi connectivity index (χ4n) is 3.78. The van der Waals surface area contributed by atoms with Gasteiger partial charge in [0.05, 0.1) is 13.2 Å². The van der Waals surface area contributed by atoms with E-state index >= 15 is 0 Å². The van der Waals surface area contributed by atoms with Gasteiger partial charge in [-0.05, 0) is 37.5 Å². The molecule has 0 saturated carbocycles. The molecule has 3 rings (SSSR count). The summed E-state index contributed by atoms with van der Waals surface area (Å²) in [6.45, 7) is 12.3. The van der Waals surface area contributed by atoms with Crippen LogP contribution in [0.1, 0.15) is 39.2 Å². The highest BCUT2D eigenvalue weighted by Crippen LogP contribution is 2.38. The topological polar surface area (TPSA) is 36.9 Å². The van der Waals surface area contributed by atoms with Crippen molar-refractivity contribution >= 4 is 21.9 Å². The van der Waals surface area contributed by atoms with Crippen molar-refractivity contribution in [1.29, 1.82) is 0 Å². The fraction of sp³-hybridized carbons (Fsp3) is 0.650. The van der Waals surface area contributed by atoms with Crippen molar-refractivity contribution in [2.75, 3.05) is 39.4 Å². The largest absolute Gasteiger partial charge is 0.381 e. The lowest BCUT2D eigenvalue weighted by molar-refractivity contribution is 0.156. The second kappa shape index (κ2) is 7.67. The Balaban J connectivity index is 1.70. The molecule has 1 N–H and O–H groups in total. The van der Waals surface area contributed by atoms with Crippen molar-refractivity contribution in [1.82, 2.24) is 10.2 Å². The van der Waals surface area contributed by atoms with Crippen LogP contribution in [-0.4, -0.2) is 50.3 Å². The van der Waals surface area contributed by atoms with Gasteiger partial charge in [0.15, 0.2) is 5.96 Å². The minimum Gasteiger partial charge on any atom is -0.381 e. The number of guanidine groups is 1. The molecule has 1 aromatic carbocycles. The van der Waals surface area contributed by atoms with E-state index in [0.29, 0.717) is 5.41 Å². The van der Waals surface area contributed by atoms with Crippen LogP contribution in [0.4, 0.5) is 0 Å². The van der Waals surface area contributed by atoms with Crippen LogP contribution >= 0.6 is 15.9 Å². The molecule has 0 amide bonds. The van der Waals surface area contributed by atoms with Gasteiger partial charge >= 0.3 is 0 Å². The number of ether oxygens (including phenoxy) is 1. The average Bonchev–Trinajstić information content (AvgIpc) is 3.22. The molecule has 1 atom stereocenters. The summed E-state index contributed by atoms with van der Waals surface area (Å²) < 4.78 is 6.78. The van der Waals surface area contributed by atoms with Gasteiger partial charge in [0.25, 0.3) is 0 Å². The number of hydrogen-bond acceptors (Lipinski definition) is 2. The zero-order chi connectivity index (χ0) is 17.9. The smallest absolute Gasteiger partial charge is 0.193 e. The molecule has 25 heavy (non-hydrogen) atoms. The molecule has 4 nitrogen and oxygen atoms in total. The van der Waals surface area contributed by atoms with Crippen LogP contribution in [0.3, 0.4) is 0 Å². The van der Waals surface area contributed by atoms with Crippen LogP contribution in [0.2, 0.25) is 0 Å². The summed E-state index contributed by atoms with van der Waals surface area (Å²) >= 11 is 3.51. The summed E-state index contributed by atoms with van der Waals surface area (Å²) in [7, 11) is 0. The summed E-state index contributed by atoms with van der Waals surface area (Å²) in [6.07, 6.45) is 2.40. The number of aliphatic imine (C=N–C) groups is 1. The molecule has 2 saturated heterocycles. The van der Waals surface area contributed by atoms with Gasteiger partial charge in [0.1, 0.15) is 0 Å². The molecule has 138 valence electrons. The molecule has 1 spiro atoms. The zero-order valence-electron chi connectivity index (χ0n) is 15.6. The van der Waals surface area contributed by atoms with Gasteiger partial charge in [-0.15, -0.1) is 0 Å². The molecular formula is C20H30BrN3O. The maximum absolute atomic E-state index is 5.66. The molecule has 1 unspecified atom stereocenters. The van der Waals surface area contributed by atoms with Gasteiger partial charge < -0.3 is 15.0 Å². The number of hydrogen-bond donors (Lipinski definition) is 1. The van der Waals surface area contributed by atoms with E-state index in [1.54, 1.807) is 0 Å². The van der Waals surface area contributed by atoms with E-state index in [4.69, 9.17) is 9.73 Å². The lowest BCUT2D eigenvalue weighted by Gasteiger charge is -2.27. The summed E-state index contributed by atoms with van der Waals surface area (Å²) in [4.78, 5) is 7.43. The van der Waals surface area contributed by atoms with Crippen LogP contribution < -0.4 is 5.32 Å². The average molecular weight is 408 g/mol. The van der Waals surface area contributed by atoms with Crippen molar-refractivity contribution in [3.63, 3.8) is 0 Å². The quantitative estimate of drug-likeness (QED) is 0.608. The molecule has 0 aromatic heterocycles. The molecule has 0 aliphatic carbocycles. The Labute approximate surface area is 160 Å². The SMILES string of the molecule is CCNC(=NCC(C)(C)c1ccc(Br)cc1)N1CCC2(CCOC2)C1. The van der Waals surface area contributed by atoms with Gasteiger partial charge in [-0.1, -0.05) is 41.9 Å². The standard InChI is InChI=1S/C20H30BrN3O/c1-4-22-18(24-11-9-20(14-24)10-12-25-15-20)23-13-19(2,3)16-5-7-17(21)8-6-16/h5-8H,4,9-15H2,1-3H3,(H,22,23). The predicted octanol–water partition coefficient (Wildman–Crippen LogP) is 3.80. The Hall–Kier alpha value is -1.07. The summed E-state index contributed by atoms with van der Waals surface area (Å²) in [5.74, 6) is 1.05. The second-order valence-electron chi connectivity index (χ2n) is 8.04. The molecule has 0 radical (unpaired) electrons. The first-order valence-electron chi connectivity index (χ1n) is 9.31. The third-order valence-electron chi connectivity index (χ3n) is 5.51. The predicted molar refractivity (Wildman–Crippen MR) is 107 cm³/mol. The second-order valence-corrected chi connectivity index (χ2v) is 8.95. The van der Waals surface area contributed by atoms with E-state index in [2.05, 4.69) is 71.2 Å². The number of rotatable bonds is 4. The number of benzene rings is 1. The molecular weight excluding hydrogens is 378 g/mol. The first-order chi connectivity index (χ1) is 11.9. The molecule has 5 heteroatoms. The Morgan fingerprint density at radius 1 is 1.32 bits per heavy atom. The highest BCUT2D eigenvalue weighted by Gasteiger charge is 2.42. The maximum Gasteiger partial charge on any atom is 0.193 e. The number of likely N-dealkylation sites (tertiary alicyclic amines) is 1. The van der Waals surface area contributed by atoms with E-state index in [1.165, 1.54) is 18.4 Å². The van der Waals surface area contributed by atoms with Gasteiger partial charge in [-0.3, -0.25) is 4.99 Å². The third-order valence-corrected chi connectivity index (χ3v) is 6.04. The lowest BCUT2D eigenvalue weighted by atomic mass is 9.85. The van der Waals surface area contributed by atoms with Crippen LogP contribution in [0.25, 0.3) is 0 Å². The maximum atomic E-state index is 5.66. The highest BCUT2D eigenvalue weighted by molar-refractivity contribution is 9.10. The van der Waals surface area contributed by atoms with E-state index in [1.807, 2.05) is 0 Å². The summed E-state index contributed by atoms with van der Waals surface area (Å²) in [5, 5.41) is 3.49. The Bertz CT molecular complexity index is 606. The first-order valence-corrected chi connectivity index (χ1v) is 10.1. The van der Waals surface area contributed by atoms with Gasteiger partial charge in [0, 0.05) is 41.5 Å². The number of nitrogens with one attached hydrogen (secondary N) is 1. The molecule has 2 aliphatic heterocycles. The Kier molecular flexibility index (Phi) is 5.74. The zero-order valence-corrected chi connectivity index (χ0v) is 17.2. The lowest BCUT2D eigenvalue weighted by Crippen LogP contribution is -2.42. The normalized spacial score (nSPS) is 24.3. The van der Waals surface area contributed by atoms with Crippen LogP contribution in [-0.2, 0) is 10.2 Å². The van der Waals surface area contributed by atoms with Crippen LogP contribution in [0.5, 0.6) is 0 Å².